The first-order valence-electron chi connectivity index (χ1n) is 6.11. The molecule has 19 heavy (non-hydrogen) atoms. The molecule has 1 aliphatic heterocycles. The Hall–Kier alpha value is -1.53. The maximum atomic E-state index is 12.7. The number of carbonyl (C=O) groups excluding carboxylic acids is 1. The maximum absolute atomic E-state index is 12.7. The fourth-order valence-electron chi connectivity index (χ4n) is 1.83. The number of hydrogen-bond donors (Lipinski definition) is 2. The Morgan fingerprint density at radius 2 is 2.16 bits per heavy atom. The van der Waals surface area contributed by atoms with Gasteiger partial charge in [0.05, 0.1) is 6.10 Å². The molecule has 0 unspecified atom stereocenters. The average Bonchev–Trinajstić information content (AvgIpc) is 2.90. The van der Waals surface area contributed by atoms with Gasteiger partial charge in [0.1, 0.15) is 5.82 Å². The zero-order valence-electron chi connectivity index (χ0n) is 10.3. The maximum Gasteiger partial charge on any atom is 0.257 e. The van der Waals surface area contributed by atoms with Gasteiger partial charge >= 0.3 is 0 Å². The number of hydrogen-bond acceptors (Lipinski definition) is 3. The number of rotatable bonds is 3. The third-order valence-electron chi connectivity index (χ3n) is 2.85. The van der Waals surface area contributed by atoms with E-state index in [-0.39, 0.29) is 22.9 Å². The summed E-state index contributed by atoms with van der Waals surface area (Å²) in [5.41, 5.74) is 0.364. The van der Waals surface area contributed by atoms with Crippen LogP contribution < -0.4 is 10.6 Å². The third kappa shape index (κ3) is 4.25. The molecule has 1 amide bonds. The standard InChI is InChI=1S/C13H15FN2O2S/c14-10-5-3-9(4-6-10)12(17)16-13(19)15-8-11-2-1-7-18-11/h3-6,11H,1-2,7-8H2,(H2,15,16,17,19)/t11-/m1/s1. The van der Waals surface area contributed by atoms with E-state index in [1.54, 1.807) is 0 Å². The van der Waals surface area contributed by atoms with Crippen molar-refractivity contribution in [3.8, 4) is 0 Å². The monoisotopic (exact) mass is 282 g/mol. The Kier molecular flexibility index (Phi) is 4.81. The van der Waals surface area contributed by atoms with Crippen molar-refractivity contribution >= 4 is 23.2 Å². The Bertz CT molecular complexity index is 458. The van der Waals surface area contributed by atoms with Gasteiger partial charge in [0, 0.05) is 18.7 Å². The zero-order valence-corrected chi connectivity index (χ0v) is 11.1. The van der Waals surface area contributed by atoms with Crippen LogP contribution in [0.1, 0.15) is 23.2 Å². The predicted octanol–water partition coefficient (Wildman–Crippen LogP) is 1.61. The van der Waals surface area contributed by atoms with E-state index in [1.807, 2.05) is 0 Å². The van der Waals surface area contributed by atoms with Crippen LogP contribution in [0, 0.1) is 5.82 Å². The minimum absolute atomic E-state index is 0.153. The van der Waals surface area contributed by atoms with Crippen LogP contribution in [0.5, 0.6) is 0 Å². The average molecular weight is 282 g/mol. The molecule has 6 heteroatoms. The van der Waals surface area contributed by atoms with Crippen LogP contribution in [0.3, 0.4) is 0 Å². The second kappa shape index (κ2) is 6.58. The molecule has 0 bridgehead atoms. The van der Waals surface area contributed by atoms with Crippen LogP contribution >= 0.6 is 12.2 Å². The minimum atomic E-state index is -0.379. The van der Waals surface area contributed by atoms with Gasteiger partial charge in [-0.2, -0.15) is 0 Å². The van der Waals surface area contributed by atoms with Gasteiger partial charge in [0.25, 0.3) is 5.91 Å². The Morgan fingerprint density at radius 1 is 1.42 bits per heavy atom. The number of ether oxygens (including phenoxy) is 1. The number of thiocarbonyl (C=S) groups is 1. The van der Waals surface area contributed by atoms with Crippen molar-refractivity contribution in [2.24, 2.45) is 0 Å². The van der Waals surface area contributed by atoms with Crippen LogP contribution in [0.4, 0.5) is 4.39 Å². The second-order valence-electron chi connectivity index (χ2n) is 4.31. The number of benzene rings is 1. The van der Waals surface area contributed by atoms with Crippen LogP contribution in [0.2, 0.25) is 0 Å². The van der Waals surface area contributed by atoms with Gasteiger partial charge in [-0.1, -0.05) is 0 Å². The van der Waals surface area contributed by atoms with Crippen LogP contribution in [0.15, 0.2) is 24.3 Å². The molecule has 1 aromatic carbocycles. The molecule has 102 valence electrons. The number of halogens is 1. The van der Waals surface area contributed by atoms with Gasteiger partial charge in [0.2, 0.25) is 0 Å². The molecule has 1 aliphatic rings. The summed E-state index contributed by atoms with van der Waals surface area (Å²) < 4.78 is 18.2. The van der Waals surface area contributed by atoms with E-state index in [9.17, 15) is 9.18 Å². The van der Waals surface area contributed by atoms with E-state index in [1.165, 1.54) is 24.3 Å². The van der Waals surface area contributed by atoms with Crippen molar-refractivity contribution in [3.05, 3.63) is 35.6 Å². The van der Waals surface area contributed by atoms with E-state index in [4.69, 9.17) is 17.0 Å². The van der Waals surface area contributed by atoms with Gasteiger partial charge in [-0.25, -0.2) is 4.39 Å². The molecule has 1 saturated heterocycles. The molecule has 1 fully saturated rings. The highest BCUT2D eigenvalue weighted by Gasteiger charge is 2.16. The van der Waals surface area contributed by atoms with Gasteiger partial charge in [-0.3, -0.25) is 10.1 Å². The number of nitrogens with one attached hydrogen (secondary N) is 2. The zero-order chi connectivity index (χ0) is 13.7. The van der Waals surface area contributed by atoms with Crippen molar-refractivity contribution in [1.29, 1.82) is 0 Å². The van der Waals surface area contributed by atoms with E-state index in [0.717, 1.165) is 19.4 Å². The van der Waals surface area contributed by atoms with Crippen LogP contribution in [-0.2, 0) is 4.74 Å². The molecule has 0 spiro atoms. The Morgan fingerprint density at radius 3 is 2.79 bits per heavy atom. The second-order valence-corrected chi connectivity index (χ2v) is 4.71. The fraction of sp³-hybridized carbons (Fsp3) is 0.385. The largest absolute Gasteiger partial charge is 0.376 e. The molecule has 0 saturated carbocycles. The lowest BCUT2D eigenvalue weighted by Crippen LogP contribution is -2.42. The first-order valence-corrected chi connectivity index (χ1v) is 6.52. The smallest absolute Gasteiger partial charge is 0.257 e. The van der Waals surface area contributed by atoms with Crippen LogP contribution in [-0.4, -0.2) is 30.3 Å². The Labute approximate surface area is 116 Å². The first kappa shape index (κ1) is 13.9. The summed E-state index contributed by atoms with van der Waals surface area (Å²) in [4.78, 5) is 11.8. The molecule has 0 aromatic heterocycles. The lowest BCUT2D eigenvalue weighted by molar-refractivity contribution is 0.0973. The summed E-state index contributed by atoms with van der Waals surface area (Å²) in [5.74, 6) is -0.736. The van der Waals surface area contributed by atoms with Crippen molar-refractivity contribution in [1.82, 2.24) is 10.6 Å². The highest BCUT2D eigenvalue weighted by atomic mass is 32.1. The highest BCUT2D eigenvalue weighted by Crippen LogP contribution is 2.10. The lowest BCUT2D eigenvalue weighted by atomic mass is 10.2. The van der Waals surface area contributed by atoms with Crippen molar-refractivity contribution in [2.75, 3.05) is 13.2 Å². The topological polar surface area (TPSA) is 50.4 Å². The quantitative estimate of drug-likeness (QED) is 0.827. The van der Waals surface area contributed by atoms with E-state index in [0.29, 0.717) is 12.1 Å². The van der Waals surface area contributed by atoms with Gasteiger partial charge in [-0.05, 0) is 49.3 Å². The lowest BCUT2D eigenvalue weighted by Gasteiger charge is -2.13. The summed E-state index contributed by atoms with van der Waals surface area (Å²) in [6.07, 6.45) is 2.21. The molecule has 0 radical (unpaired) electrons. The van der Waals surface area contributed by atoms with Crippen molar-refractivity contribution < 1.29 is 13.9 Å². The normalized spacial score (nSPS) is 18.1. The molecular formula is C13H15FN2O2S. The van der Waals surface area contributed by atoms with E-state index >= 15 is 0 Å². The molecule has 1 heterocycles. The van der Waals surface area contributed by atoms with Crippen molar-refractivity contribution in [3.63, 3.8) is 0 Å². The molecule has 4 nitrogen and oxygen atoms in total. The van der Waals surface area contributed by atoms with E-state index < -0.39 is 0 Å². The third-order valence-corrected chi connectivity index (χ3v) is 3.09. The summed E-state index contributed by atoms with van der Waals surface area (Å²) in [6, 6.07) is 5.29. The van der Waals surface area contributed by atoms with E-state index in [2.05, 4.69) is 10.6 Å². The molecule has 1 atom stereocenters. The van der Waals surface area contributed by atoms with Gasteiger partial charge in [-0.15, -0.1) is 0 Å². The molecule has 2 N–H and O–H groups in total. The summed E-state index contributed by atoms with van der Waals surface area (Å²) >= 11 is 5.02. The summed E-state index contributed by atoms with van der Waals surface area (Å²) in [6.45, 7) is 1.36. The number of amides is 1. The first-order chi connectivity index (χ1) is 9.15. The van der Waals surface area contributed by atoms with Gasteiger partial charge in [0.15, 0.2) is 5.11 Å². The fourth-order valence-corrected chi connectivity index (χ4v) is 2.01. The summed E-state index contributed by atoms with van der Waals surface area (Å²) in [5, 5.41) is 5.73. The number of carbonyl (C=O) groups is 1. The predicted molar refractivity (Wildman–Crippen MR) is 73.4 cm³/mol. The highest BCUT2D eigenvalue weighted by molar-refractivity contribution is 7.80. The molecule has 1 aromatic rings. The minimum Gasteiger partial charge on any atom is -0.376 e. The van der Waals surface area contributed by atoms with Gasteiger partial charge < -0.3 is 10.1 Å². The van der Waals surface area contributed by atoms with Crippen molar-refractivity contribution in [2.45, 2.75) is 18.9 Å². The molecular weight excluding hydrogens is 267 g/mol. The molecule has 0 aliphatic carbocycles. The van der Waals surface area contributed by atoms with Crippen LogP contribution in [0.25, 0.3) is 0 Å². The summed E-state index contributed by atoms with van der Waals surface area (Å²) in [7, 11) is 0. The SMILES string of the molecule is O=C(NC(=S)NC[C@H]1CCCO1)c1ccc(F)cc1. The molecule has 2 rings (SSSR count). The Balaban J connectivity index is 1.77.